The number of benzene rings is 2. The maximum atomic E-state index is 12.2. The van der Waals surface area contributed by atoms with Gasteiger partial charge in [-0.3, -0.25) is 9.59 Å². The molecule has 0 aromatic heterocycles. The normalized spacial score (nSPS) is 10.5. The Kier molecular flexibility index (Phi) is 5.91. The van der Waals surface area contributed by atoms with Crippen molar-refractivity contribution in [2.45, 2.75) is 13.8 Å². The van der Waals surface area contributed by atoms with Gasteiger partial charge < -0.3 is 16.0 Å². The molecule has 0 radical (unpaired) electrons. The lowest BCUT2D eigenvalue weighted by Gasteiger charge is -2.08. The van der Waals surface area contributed by atoms with Crippen LogP contribution in [-0.2, 0) is 9.59 Å². The van der Waals surface area contributed by atoms with Crippen molar-refractivity contribution in [3.8, 4) is 6.07 Å². The minimum atomic E-state index is -0.487. The predicted octanol–water partition coefficient (Wildman–Crippen LogP) is 3.41. The predicted molar refractivity (Wildman–Crippen MR) is 97.9 cm³/mol. The molecule has 126 valence electrons. The highest BCUT2D eigenvalue weighted by molar-refractivity contribution is 6.07. The van der Waals surface area contributed by atoms with Crippen LogP contribution in [0.25, 0.3) is 0 Å². The Bertz CT molecular complexity index is 848. The number of nitriles is 1. The van der Waals surface area contributed by atoms with Crippen molar-refractivity contribution < 1.29 is 9.59 Å². The zero-order chi connectivity index (χ0) is 18.2. The smallest absolute Gasteiger partial charge is 0.267 e. The number of nitrogens with one attached hydrogen (secondary N) is 3. The fourth-order valence-electron chi connectivity index (χ4n) is 2.06. The van der Waals surface area contributed by atoms with Crippen LogP contribution in [-0.4, -0.2) is 11.8 Å². The monoisotopic (exact) mass is 334 g/mol. The fraction of sp³-hybridized carbons (Fsp3) is 0.105. The molecule has 2 aromatic carbocycles. The van der Waals surface area contributed by atoms with E-state index >= 15 is 0 Å². The van der Waals surface area contributed by atoms with Gasteiger partial charge >= 0.3 is 0 Å². The number of nitrogens with zero attached hydrogens (tertiary/aromatic N) is 1. The van der Waals surface area contributed by atoms with Gasteiger partial charge in [0, 0.05) is 30.2 Å². The van der Waals surface area contributed by atoms with Crippen LogP contribution >= 0.6 is 0 Å². The van der Waals surface area contributed by atoms with Crippen molar-refractivity contribution in [2.24, 2.45) is 0 Å². The summed E-state index contributed by atoms with van der Waals surface area (Å²) in [7, 11) is 0. The Labute approximate surface area is 146 Å². The molecule has 0 aliphatic carbocycles. The van der Waals surface area contributed by atoms with Gasteiger partial charge in [0.2, 0.25) is 5.91 Å². The molecule has 0 heterocycles. The number of carbonyl (C=O) groups is 2. The van der Waals surface area contributed by atoms with Crippen LogP contribution in [0.3, 0.4) is 0 Å². The zero-order valence-electron chi connectivity index (χ0n) is 14.0. The molecule has 0 atom stereocenters. The topological polar surface area (TPSA) is 94.0 Å². The van der Waals surface area contributed by atoms with Crippen molar-refractivity contribution in [1.82, 2.24) is 0 Å². The average molecular weight is 334 g/mol. The maximum Gasteiger partial charge on any atom is 0.267 e. The van der Waals surface area contributed by atoms with E-state index in [1.807, 2.05) is 31.2 Å². The van der Waals surface area contributed by atoms with Crippen LogP contribution < -0.4 is 16.0 Å². The van der Waals surface area contributed by atoms with Crippen LogP contribution in [0.1, 0.15) is 12.5 Å². The van der Waals surface area contributed by atoms with Gasteiger partial charge in [-0.05, 0) is 42.8 Å². The van der Waals surface area contributed by atoms with Gasteiger partial charge in [-0.25, -0.2) is 0 Å². The second kappa shape index (κ2) is 8.31. The van der Waals surface area contributed by atoms with Crippen LogP contribution in [0.2, 0.25) is 0 Å². The first-order chi connectivity index (χ1) is 12.0. The molecule has 0 unspecified atom stereocenters. The lowest BCUT2D eigenvalue weighted by Crippen LogP contribution is -2.15. The third kappa shape index (κ3) is 5.22. The number of rotatable bonds is 5. The molecule has 0 aliphatic rings. The highest BCUT2D eigenvalue weighted by atomic mass is 16.2. The molecular weight excluding hydrogens is 316 g/mol. The van der Waals surface area contributed by atoms with E-state index < -0.39 is 5.91 Å². The maximum absolute atomic E-state index is 12.2. The highest BCUT2D eigenvalue weighted by Gasteiger charge is 2.10. The number of para-hydroxylation sites is 1. The molecule has 0 saturated heterocycles. The Morgan fingerprint density at radius 3 is 2.24 bits per heavy atom. The SMILES string of the molecule is CC(=O)Nc1ccc(N/C=C(/C#N)C(=O)Nc2ccccc2C)cc1. The van der Waals surface area contributed by atoms with E-state index in [9.17, 15) is 14.9 Å². The molecule has 0 fully saturated rings. The number of anilines is 3. The van der Waals surface area contributed by atoms with Gasteiger partial charge in [-0.15, -0.1) is 0 Å². The van der Waals surface area contributed by atoms with Crippen molar-refractivity contribution in [1.29, 1.82) is 5.26 Å². The molecule has 2 rings (SSSR count). The number of carbonyl (C=O) groups excluding carboxylic acids is 2. The summed E-state index contributed by atoms with van der Waals surface area (Å²) in [5, 5.41) is 17.5. The summed E-state index contributed by atoms with van der Waals surface area (Å²) in [5.74, 6) is -0.639. The number of amides is 2. The first-order valence-corrected chi connectivity index (χ1v) is 7.61. The standard InChI is InChI=1S/C19H18N4O2/c1-13-5-3-4-6-18(13)23-19(25)15(11-20)12-21-16-7-9-17(10-8-16)22-14(2)24/h3-10,12,21H,1-2H3,(H,22,24)(H,23,25)/b15-12-. The summed E-state index contributed by atoms with van der Waals surface area (Å²) < 4.78 is 0. The summed E-state index contributed by atoms with van der Waals surface area (Å²) >= 11 is 0. The van der Waals surface area contributed by atoms with Gasteiger partial charge in [0.1, 0.15) is 11.6 Å². The molecular formula is C19H18N4O2. The second-order valence-corrected chi connectivity index (χ2v) is 5.34. The molecule has 0 aliphatic heterocycles. The second-order valence-electron chi connectivity index (χ2n) is 5.34. The van der Waals surface area contributed by atoms with Crippen LogP contribution in [0.5, 0.6) is 0 Å². The summed E-state index contributed by atoms with van der Waals surface area (Å²) in [5.41, 5.74) is 2.88. The van der Waals surface area contributed by atoms with Crippen LogP contribution in [0, 0.1) is 18.3 Å². The average Bonchev–Trinajstić information content (AvgIpc) is 2.58. The minimum absolute atomic E-state index is 0.0470. The molecule has 3 N–H and O–H groups in total. The van der Waals surface area contributed by atoms with E-state index in [2.05, 4.69) is 16.0 Å². The van der Waals surface area contributed by atoms with Gasteiger partial charge in [-0.2, -0.15) is 5.26 Å². The van der Waals surface area contributed by atoms with Gasteiger partial charge in [0.05, 0.1) is 0 Å². The zero-order valence-corrected chi connectivity index (χ0v) is 14.0. The molecule has 0 spiro atoms. The van der Waals surface area contributed by atoms with Crippen molar-refractivity contribution in [3.63, 3.8) is 0 Å². The van der Waals surface area contributed by atoms with E-state index in [1.54, 1.807) is 30.3 Å². The highest BCUT2D eigenvalue weighted by Crippen LogP contribution is 2.16. The molecule has 2 amide bonds. The summed E-state index contributed by atoms with van der Waals surface area (Å²) in [4.78, 5) is 23.2. The number of aryl methyl sites for hydroxylation is 1. The van der Waals surface area contributed by atoms with Crippen molar-refractivity contribution in [2.75, 3.05) is 16.0 Å². The van der Waals surface area contributed by atoms with E-state index in [-0.39, 0.29) is 11.5 Å². The van der Waals surface area contributed by atoms with Gasteiger partial charge in [0.25, 0.3) is 5.91 Å². The van der Waals surface area contributed by atoms with E-state index in [0.29, 0.717) is 17.1 Å². The fourth-order valence-corrected chi connectivity index (χ4v) is 2.06. The molecule has 0 bridgehead atoms. The van der Waals surface area contributed by atoms with Crippen molar-refractivity contribution >= 4 is 28.9 Å². The Hall–Kier alpha value is -3.59. The Balaban J connectivity index is 2.04. The van der Waals surface area contributed by atoms with E-state index in [1.165, 1.54) is 13.1 Å². The quantitative estimate of drug-likeness (QED) is 0.577. The van der Waals surface area contributed by atoms with Crippen LogP contribution in [0.4, 0.5) is 17.1 Å². The van der Waals surface area contributed by atoms with Gasteiger partial charge in [-0.1, -0.05) is 18.2 Å². The third-order valence-corrected chi connectivity index (χ3v) is 3.35. The van der Waals surface area contributed by atoms with Gasteiger partial charge in [0.15, 0.2) is 0 Å². The van der Waals surface area contributed by atoms with E-state index in [4.69, 9.17) is 0 Å². The largest absolute Gasteiger partial charge is 0.360 e. The molecule has 25 heavy (non-hydrogen) atoms. The minimum Gasteiger partial charge on any atom is -0.360 e. The summed E-state index contributed by atoms with van der Waals surface area (Å²) in [6.07, 6.45) is 1.35. The number of hydrogen-bond donors (Lipinski definition) is 3. The lowest BCUT2D eigenvalue weighted by molar-refractivity contribution is -0.114. The van der Waals surface area contributed by atoms with Crippen LogP contribution in [0.15, 0.2) is 60.3 Å². The summed E-state index contributed by atoms with van der Waals surface area (Å²) in [6, 6.07) is 16.1. The van der Waals surface area contributed by atoms with E-state index in [0.717, 1.165) is 5.56 Å². The summed E-state index contributed by atoms with van der Waals surface area (Å²) in [6.45, 7) is 3.31. The number of hydrogen-bond acceptors (Lipinski definition) is 4. The molecule has 6 nitrogen and oxygen atoms in total. The molecule has 6 heteroatoms. The first kappa shape index (κ1) is 17.8. The first-order valence-electron chi connectivity index (χ1n) is 7.61. The molecule has 0 saturated carbocycles. The molecule has 2 aromatic rings. The third-order valence-electron chi connectivity index (χ3n) is 3.35. The van der Waals surface area contributed by atoms with Crippen molar-refractivity contribution in [3.05, 3.63) is 65.9 Å². The lowest BCUT2D eigenvalue weighted by atomic mass is 10.2. The Morgan fingerprint density at radius 1 is 1.00 bits per heavy atom. The Morgan fingerprint density at radius 2 is 1.64 bits per heavy atom.